The molecule has 2 heterocycles. The SMILES string of the molecule is CNS(C)(=O)=O.CNS(C)(=O)=O.[Y].c1ccc2c(c1)CNC2.c1ccc2c(c1)C[N-]C2. The fourth-order valence-corrected chi connectivity index (χ4v) is 2.40. The Labute approximate surface area is 212 Å². The van der Waals surface area contributed by atoms with Gasteiger partial charge in [0, 0.05) is 45.8 Å². The Morgan fingerprint density at radius 1 is 0.710 bits per heavy atom. The number of hydrogen-bond acceptors (Lipinski definition) is 5. The second-order valence-corrected chi connectivity index (χ2v) is 10.5. The van der Waals surface area contributed by atoms with Crippen molar-refractivity contribution in [2.24, 2.45) is 0 Å². The molecule has 0 aliphatic carbocycles. The number of fused-ring (bicyclic) bond motifs is 2. The van der Waals surface area contributed by atoms with Crippen molar-refractivity contribution in [1.29, 1.82) is 0 Å². The van der Waals surface area contributed by atoms with Gasteiger partial charge in [0.2, 0.25) is 20.0 Å². The molecule has 0 aromatic heterocycles. The molecule has 0 unspecified atom stereocenters. The van der Waals surface area contributed by atoms with Crippen LogP contribution < -0.4 is 14.8 Å². The smallest absolute Gasteiger partial charge is 0.208 e. The van der Waals surface area contributed by atoms with Gasteiger partial charge in [-0.3, -0.25) is 0 Å². The second kappa shape index (κ2) is 15.2. The zero-order valence-electron chi connectivity index (χ0n) is 18.4. The van der Waals surface area contributed by atoms with Crippen LogP contribution in [0, 0.1) is 0 Å². The van der Waals surface area contributed by atoms with Gasteiger partial charge in [-0.15, -0.1) is 13.1 Å². The molecule has 3 N–H and O–H groups in total. The maximum Gasteiger partial charge on any atom is 0.208 e. The van der Waals surface area contributed by atoms with E-state index in [1.807, 2.05) is 0 Å². The summed E-state index contributed by atoms with van der Waals surface area (Å²) in [6.07, 6.45) is 2.21. The van der Waals surface area contributed by atoms with E-state index in [0.717, 1.165) is 38.7 Å². The molecule has 0 spiro atoms. The molecule has 0 saturated heterocycles. The van der Waals surface area contributed by atoms with E-state index in [-0.39, 0.29) is 32.7 Å². The molecule has 2 aliphatic heterocycles. The van der Waals surface area contributed by atoms with Gasteiger partial charge in [-0.2, -0.15) is 0 Å². The molecule has 2 aliphatic rings. The van der Waals surface area contributed by atoms with Crippen LogP contribution in [-0.2, 0) is 78.9 Å². The van der Waals surface area contributed by atoms with Gasteiger partial charge < -0.3 is 10.6 Å². The number of rotatable bonds is 2. The summed E-state index contributed by atoms with van der Waals surface area (Å²) in [6.45, 7) is 3.96. The number of benzene rings is 2. The van der Waals surface area contributed by atoms with Crippen molar-refractivity contribution in [2.75, 3.05) is 26.6 Å². The van der Waals surface area contributed by atoms with Crippen LogP contribution in [0.1, 0.15) is 22.3 Å². The average Bonchev–Trinajstić information content (AvgIpc) is 3.37. The zero-order chi connectivity index (χ0) is 22.6. The largest absolute Gasteiger partial charge is 0.655 e. The molecule has 11 heteroatoms. The maximum atomic E-state index is 9.89. The van der Waals surface area contributed by atoms with Crippen LogP contribution >= 0.6 is 0 Å². The Kier molecular flexibility index (Phi) is 14.8. The summed E-state index contributed by atoms with van der Waals surface area (Å²) in [7, 11) is -3.08. The van der Waals surface area contributed by atoms with Crippen molar-refractivity contribution in [1.82, 2.24) is 14.8 Å². The normalized spacial score (nSPS) is 13.5. The van der Waals surface area contributed by atoms with Gasteiger partial charge in [0.05, 0.1) is 12.5 Å². The van der Waals surface area contributed by atoms with Crippen molar-refractivity contribution in [3.05, 3.63) is 76.1 Å². The summed E-state index contributed by atoms with van der Waals surface area (Å²) >= 11 is 0. The van der Waals surface area contributed by atoms with Gasteiger partial charge in [0.25, 0.3) is 0 Å². The first-order valence-electron chi connectivity index (χ1n) is 9.30. The van der Waals surface area contributed by atoms with E-state index in [4.69, 9.17) is 0 Å². The molecule has 4 rings (SSSR count). The third-order valence-electron chi connectivity index (χ3n) is 4.17. The molecule has 8 nitrogen and oxygen atoms in total. The fraction of sp³-hybridized carbons (Fsp3) is 0.400. The van der Waals surface area contributed by atoms with Crippen LogP contribution in [0.4, 0.5) is 0 Å². The summed E-state index contributed by atoms with van der Waals surface area (Å²) in [4.78, 5) is 0. The quantitative estimate of drug-likeness (QED) is 0.532. The number of hydrogen-bond donors (Lipinski definition) is 3. The Bertz CT molecular complexity index is 872. The van der Waals surface area contributed by atoms with Gasteiger partial charge in [-0.1, -0.05) is 59.7 Å². The summed E-state index contributed by atoms with van der Waals surface area (Å²) in [5.74, 6) is 0. The van der Waals surface area contributed by atoms with Gasteiger partial charge in [-0.05, 0) is 25.2 Å². The summed E-state index contributed by atoms with van der Waals surface area (Å²) in [5.41, 5.74) is 5.71. The second-order valence-electron chi connectivity index (χ2n) is 6.63. The molecule has 0 bridgehead atoms. The van der Waals surface area contributed by atoms with Gasteiger partial charge >= 0.3 is 0 Å². The molecular formula is C20H31N4O4S2Y-. The Balaban J connectivity index is 0.000000393. The average molecular weight is 545 g/mol. The first-order chi connectivity index (χ1) is 14.1. The number of sulfonamides is 2. The molecule has 171 valence electrons. The Morgan fingerprint density at radius 2 is 1.00 bits per heavy atom. The van der Waals surface area contributed by atoms with E-state index < -0.39 is 20.0 Å². The van der Waals surface area contributed by atoms with Gasteiger partial charge in [-0.25, -0.2) is 26.3 Å². The van der Waals surface area contributed by atoms with Crippen LogP contribution in [-0.4, -0.2) is 43.4 Å². The molecule has 2 aromatic carbocycles. The Hall–Kier alpha value is -0.716. The van der Waals surface area contributed by atoms with Crippen molar-refractivity contribution < 1.29 is 49.5 Å². The minimum absolute atomic E-state index is 0. The van der Waals surface area contributed by atoms with E-state index >= 15 is 0 Å². The molecule has 0 amide bonds. The predicted molar refractivity (Wildman–Crippen MR) is 122 cm³/mol. The van der Waals surface area contributed by atoms with Gasteiger partial charge in [0.1, 0.15) is 0 Å². The standard InChI is InChI=1S/C8H9N.C8H8N.2C2H7NO2S.Y/c2*1-2-4-8-6-9-5-7(8)3-1;2*1-3-6(2,4)5;/h1-4,9H,5-6H2;1-4H,5-6H2;2*3H,1-2H3;/q;-1;;;. The number of nitrogens with one attached hydrogen (secondary N) is 3. The van der Waals surface area contributed by atoms with E-state index in [2.05, 4.69) is 68.6 Å². The maximum absolute atomic E-state index is 9.89. The van der Waals surface area contributed by atoms with Crippen molar-refractivity contribution >= 4 is 20.0 Å². The molecule has 31 heavy (non-hydrogen) atoms. The minimum Gasteiger partial charge on any atom is -0.655 e. The number of nitrogens with zero attached hydrogens (tertiary/aromatic N) is 1. The Morgan fingerprint density at radius 3 is 1.29 bits per heavy atom. The van der Waals surface area contributed by atoms with Crippen LogP contribution in [0.5, 0.6) is 0 Å². The van der Waals surface area contributed by atoms with Crippen LogP contribution in [0.3, 0.4) is 0 Å². The monoisotopic (exact) mass is 544 g/mol. The van der Waals surface area contributed by atoms with Crippen LogP contribution in [0.25, 0.3) is 5.32 Å². The predicted octanol–water partition coefficient (Wildman–Crippen LogP) is 1.69. The zero-order valence-corrected chi connectivity index (χ0v) is 22.9. The topological polar surface area (TPSA) is 118 Å². The summed E-state index contributed by atoms with van der Waals surface area (Å²) in [5, 5.41) is 7.54. The molecular weight excluding hydrogens is 513 g/mol. The van der Waals surface area contributed by atoms with Crippen molar-refractivity contribution in [3.8, 4) is 0 Å². The summed E-state index contributed by atoms with van der Waals surface area (Å²) in [6, 6.07) is 17.0. The molecule has 1 radical (unpaired) electrons. The van der Waals surface area contributed by atoms with Crippen molar-refractivity contribution in [2.45, 2.75) is 26.2 Å². The van der Waals surface area contributed by atoms with E-state index in [9.17, 15) is 16.8 Å². The van der Waals surface area contributed by atoms with Crippen LogP contribution in [0.2, 0.25) is 0 Å². The van der Waals surface area contributed by atoms with E-state index in [1.165, 1.54) is 36.3 Å². The van der Waals surface area contributed by atoms with Crippen LogP contribution in [0.15, 0.2) is 48.5 Å². The van der Waals surface area contributed by atoms with Gasteiger partial charge in [0.15, 0.2) is 0 Å². The fourth-order valence-electron chi connectivity index (χ4n) is 2.40. The minimum atomic E-state index is -2.91. The first kappa shape index (κ1) is 30.3. The molecule has 0 atom stereocenters. The third kappa shape index (κ3) is 14.1. The molecule has 0 fully saturated rings. The third-order valence-corrected chi connectivity index (χ3v) is 5.66. The summed E-state index contributed by atoms with van der Waals surface area (Å²) < 4.78 is 43.7. The van der Waals surface area contributed by atoms with Crippen molar-refractivity contribution in [3.63, 3.8) is 0 Å². The van der Waals surface area contributed by atoms with E-state index in [0.29, 0.717) is 0 Å². The molecule has 0 saturated carbocycles. The van der Waals surface area contributed by atoms with E-state index in [1.54, 1.807) is 0 Å². The first-order valence-corrected chi connectivity index (χ1v) is 13.1. The molecule has 2 aromatic rings.